The highest BCUT2D eigenvalue weighted by atomic mass is 79.9. The Kier molecular flexibility index (Phi) is 7.46. The highest BCUT2D eigenvalue weighted by Crippen LogP contribution is 2.39. The fraction of sp³-hybridized carbons (Fsp3) is 0.276. The van der Waals surface area contributed by atoms with Gasteiger partial charge in [0.15, 0.2) is 0 Å². The van der Waals surface area contributed by atoms with Crippen LogP contribution in [0.15, 0.2) is 83.3 Å². The Morgan fingerprint density at radius 2 is 1.58 bits per heavy atom. The summed E-state index contributed by atoms with van der Waals surface area (Å²) >= 11 is 3.40. The quantitative estimate of drug-likeness (QED) is 0.476. The van der Waals surface area contributed by atoms with Crippen LogP contribution >= 0.6 is 15.9 Å². The van der Waals surface area contributed by atoms with Gasteiger partial charge in [-0.25, -0.2) is 4.39 Å². The molecule has 0 unspecified atom stereocenters. The van der Waals surface area contributed by atoms with Crippen LogP contribution in [0.25, 0.3) is 0 Å². The summed E-state index contributed by atoms with van der Waals surface area (Å²) in [5.41, 5.74) is 1.47. The second kappa shape index (κ2) is 10.9. The van der Waals surface area contributed by atoms with Crippen LogP contribution in [0.3, 0.4) is 0 Å². The van der Waals surface area contributed by atoms with E-state index in [-0.39, 0.29) is 43.3 Å². The first kappa shape index (κ1) is 25.9. The first-order chi connectivity index (χ1) is 18.4. The molecule has 2 heterocycles. The zero-order valence-electron chi connectivity index (χ0n) is 20.8. The average molecular weight is 579 g/mol. The van der Waals surface area contributed by atoms with Crippen LogP contribution in [-0.4, -0.2) is 59.4 Å². The third-order valence-corrected chi connectivity index (χ3v) is 7.82. The molecule has 7 nitrogen and oxygen atoms in total. The summed E-state index contributed by atoms with van der Waals surface area (Å²) in [4.78, 5) is 45.2. The molecule has 9 heteroatoms. The maximum absolute atomic E-state index is 13.9. The highest BCUT2D eigenvalue weighted by Gasteiger charge is 2.54. The number of likely N-dealkylation sites (tertiary alicyclic amines) is 1. The molecular weight excluding hydrogens is 551 g/mol. The van der Waals surface area contributed by atoms with Crippen LogP contribution in [0.2, 0.25) is 0 Å². The van der Waals surface area contributed by atoms with E-state index in [1.165, 1.54) is 12.1 Å². The Hall–Kier alpha value is -3.72. The monoisotopic (exact) mass is 578 g/mol. The van der Waals surface area contributed by atoms with E-state index in [1.807, 2.05) is 42.5 Å². The Morgan fingerprint density at radius 3 is 2.24 bits per heavy atom. The number of nitrogens with zero attached hydrogens (tertiary/aromatic N) is 3. The summed E-state index contributed by atoms with van der Waals surface area (Å²) in [6.45, 7) is 1.34. The normalized spacial score (nSPS) is 16.7. The van der Waals surface area contributed by atoms with Crippen molar-refractivity contribution in [2.75, 3.05) is 31.2 Å². The van der Waals surface area contributed by atoms with E-state index in [4.69, 9.17) is 0 Å². The summed E-state index contributed by atoms with van der Waals surface area (Å²) in [5, 5.41) is 2.83. The van der Waals surface area contributed by atoms with Gasteiger partial charge in [0.1, 0.15) is 17.9 Å². The first-order valence-electron chi connectivity index (χ1n) is 12.5. The second-order valence-electron chi connectivity index (χ2n) is 9.64. The van der Waals surface area contributed by atoms with Crippen LogP contribution in [-0.2, 0) is 16.1 Å². The van der Waals surface area contributed by atoms with E-state index in [0.29, 0.717) is 31.5 Å². The number of halogens is 2. The van der Waals surface area contributed by atoms with Crippen molar-refractivity contribution in [2.45, 2.75) is 24.9 Å². The largest absolute Gasteiger partial charge is 0.350 e. The van der Waals surface area contributed by atoms with E-state index in [1.54, 1.807) is 34.1 Å². The van der Waals surface area contributed by atoms with Gasteiger partial charge >= 0.3 is 0 Å². The van der Waals surface area contributed by atoms with Crippen molar-refractivity contribution in [3.8, 4) is 0 Å². The van der Waals surface area contributed by atoms with Crippen LogP contribution in [0, 0.1) is 5.82 Å². The second-order valence-corrected chi connectivity index (χ2v) is 10.6. The number of piperidine rings is 1. The number of rotatable bonds is 6. The third-order valence-electron chi connectivity index (χ3n) is 7.29. The molecule has 0 radical (unpaired) electrons. The van der Waals surface area contributed by atoms with Gasteiger partial charge in [0.05, 0.1) is 6.67 Å². The van der Waals surface area contributed by atoms with Gasteiger partial charge in [0, 0.05) is 35.4 Å². The molecule has 0 aliphatic carbocycles. The summed E-state index contributed by atoms with van der Waals surface area (Å²) in [5.74, 6) is -0.774. The lowest BCUT2D eigenvalue weighted by atomic mass is 9.85. The van der Waals surface area contributed by atoms with Gasteiger partial charge in [-0.15, -0.1) is 0 Å². The van der Waals surface area contributed by atoms with Crippen molar-refractivity contribution < 1.29 is 18.8 Å². The number of benzene rings is 3. The van der Waals surface area contributed by atoms with Gasteiger partial charge in [0.25, 0.3) is 11.8 Å². The number of para-hydroxylation sites is 1. The van der Waals surface area contributed by atoms with Crippen molar-refractivity contribution in [1.82, 2.24) is 15.1 Å². The number of amides is 3. The number of anilines is 1. The molecule has 5 rings (SSSR count). The predicted octanol–water partition coefficient (Wildman–Crippen LogP) is 4.19. The molecule has 1 spiro atoms. The van der Waals surface area contributed by atoms with Crippen molar-refractivity contribution in [3.63, 3.8) is 0 Å². The fourth-order valence-corrected chi connectivity index (χ4v) is 5.47. The number of carbonyl (C=O) groups excluding carboxylic acids is 3. The molecule has 3 amide bonds. The minimum Gasteiger partial charge on any atom is -0.350 e. The van der Waals surface area contributed by atoms with Gasteiger partial charge < -0.3 is 20.0 Å². The van der Waals surface area contributed by atoms with Crippen LogP contribution < -0.4 is 10.2 Å². The minimum atomic E-state index is -0.824. The van der Waals surface area contributed by atoms with E-state index in [2.05, 4.69) is 26.1 Å². The summed E-state index contributed by atoms with van der Waals surface area (Å²) in [6.07, 6.45) is 0.938. The molecule has 0 bridgehead atoms. The Labute approximate surface area is 229 Å². The van der Waals surface area contributed by atoms with Crippen LogP contribution in [0.1, 0.15) is 28.8 Å². The number of hydrogen-bond donors (Lipinski definition) is 1. The molecule has 1 N–H and O–H groups in total. The predicted molar refractivity (Wildman–Crippen MR) is 146 cm³/mol. The van der Waals surface area contributed by atoms with Crippen molar-refractivity contribution in [3.05, 3.63) is 100 Å². The first-order valence-corrected chi connectivity index (χ1v) is 13.3. The van der Waals surface area contributed by atoms with Crippen molar-refractivity contribution in [1.29, 1.82) is 0 Å². The molecule has 2 saturated heterocycles. The molecule has 3 aromatic carbocycles. The zero-order valence-corrected chi connectivity index (χ0v) is 22.4. The maximum atomic E-state index is 13.9. The van der Waals surface area contributed by atoms with Crippen molar-refractivity contribution in [2.24, 2.45) is 0 Å². The fourth-order valence-electron chi connectivity index (χ4n) is 5.21. The SMILES string of the molecule is O=C(CN1CN(c2ccccc2)C2(CCN(C(=O)c3ccc(Br)cc3)CC2)C1=O)NCc1ccc(F)cc1. The van der Waals surface area contributed by atoms with E-state index in [9.17, 15) is 18.8 Å². The summed E-state index contributed by atoms with van der Waals surface area (Å²) in [7, 11) is 0. The molecule has 0 saturated carbocycles. The number of nitrogens with one attached hydrogen (secondary N) is 1. The van der Waals surface area contributed by atoms with E-state index < -0.39 is 5.54 Å². The lowest BCUT2D eigenvalue weighted by molar-refractivity contribution is -0.137. The zero-order chi connectivity index (χ0) is 26.7. The topological polar surface area (TPSA) is 73.0 Å². The maximum Gasteiger partial charge on any atom is 0.253 e. The standard InChI is InChI=1S/C29H28BrFN4O3/c30-23-10-8-22(9-11-23)27(37)33-16-14-29(15-17-33)28(38)34(20-35(29)25-4-2-1-3-5-25)19-26(36)32-18-21-6-12-24(31)13-7-21/h1-13H,14-20H2,(H,32,36). The molecule has 2 aliphatic rings. The lowest BCUT2D eigenvalue weighted by Crippen LogP contribution is -2.57. The van der Waals surface area contributed by atoms with Crippen LogP contribution in [0.5, 0.6) is 0 Å². The Balaban J connectivity index is 1.29. The third kappa shape index (κ3) is 5.29. The molecule has 2 fully saturated rings. The Morgan fingerprint density at radius 1 is 0.921 bits per heavy atom. The number of hydrogen-bond acceptors (Lipinski definition) is 4. The smallest absolute Gasteiger partial charge is 0.253 e. The molecule has 38 heavy (non-hydrogen) atoms. The minimum absolute atomic E-state index is 0.0546. The number of carbonyl (C=O) groups is 3. The molecule has 2 aliphatic heterocycles. The van der Waals surface area contributed by atoms with Gasteiger partial charge in [-0.1, -0.05) is 46.3 Å². The van der Waals surface area contributed by atoms with Crippen LogP contribution in [0.4, 0.5) is 10.1 Å². The molecule has 0 atom stereocenters. The Bertz CT molecular complexity index is 1310. The lowest BCUT2D eigenvalue weighted by Gasteiger charge is -2.43. The highest BCUT2D eigenvalue weighted by molar-refractivity contribution is 9.10. The summed E-state index contributed by atoms with van der Waals surface area (Å²) in [6, 6.07) is 22.9. The molecule has 0 aromatic heterocycles. The van der Waals surface area contributed by atoms with Gasteiger partial charge in [-0.3, -0.25) is 14.4 Å². The van der Waals surface area contributed by atoms with Gasteiger partial charge in [0.2, 0.25) is 5.91 Å². The molecular formula is C29H28BrFN4O3. The van der Waals surface area contributed by atoms with E-state index in [0.717, 1.165) is 15.7 Å². The molecule has 3 aromatic rings. The molecule has 196 valence electrons. The van der Waals surface area contributed by atoms with Gasteiger partial charge in [-0.2, -0.15) is 0 Å². The van der Waals surface area contributed by atoms with Crippen molar-refractivity contribution >= 4 is 39.3 Å². The average Bonchev–Trinajstić information content (AvgIpc) is 3.20. The van der Waals surface area contributed by atoms with E-state index >= 15 is 0 Å². The summed E-state index contributed by atoms with van der Waals surface area (Å²) < 4.78 is 14.1. The van der Waals surface area contributed by atoms with Gasteiger partial charge in [-0.05, 0) is 66.9 Å².